The van der Waals surface area contributed by atoms with Crippen molar-refractivity contribution in [3.63, 3.8) is 0 Å². The predicted molar refractivity (Wildman–Crippen MR) is 126 cm³/mol. The molecule has 3 aromatic rings. The smallest absolute Gasteiger partial charge is 0.330 e. The first-order valence-corrected chi connectivity index (χ1v) is 14.9. The zero-order valence-corrected chi connectivity index (χ0v) is 22.5. The molecule has 19 nitrogen and oxygen atoms in total. The maximum absolute atomic E-state index is 15.6. The molecule has 6 heterocycles. The Bertz CT molecular complexity index is 1720. The van der Waals surface area contributed by atoms with E-state index < -0.39 is 89.3 Å². The summed E-state index contributed by atoms with van der Waals surface area (Å²) in [5.74, 6) is -0.0511. The van der Waals surface area contributed by atoms with Gasteiger partial charge in [0.15, 0.2) is 36.3 Å². The van der Waals surface area contributed by atoms with Crippen LogP contribution in [0.5, 0.6) is 0 Å². The lowest BCUT2D eigenvalue weighted by Crippen LogP contribution is -2.39. The molecular formula is C19H19F2N7O12P2-2. The van der Waals surface area contributed by atoms with Crippen LogP contribution in [0.3, 0.4) is 0 Å². The summed E-state index contributed by atoms with van der Waals surface area (Å²) in [6.07, 6.45) is -12.9. The van der Waals surface area contributed by atoms with Gasteiger partial charge < -0.3 is 43.1 Å². The minimum atomic E-state index is -5.50. The Labute approximate surface area is 231 Å². The molecule has 2 unspecified atom stereocenters. The van der Waals surface area contributed by atoms with E-state index >= 15 is 8.78 Å². The molecule has 3 N–H and O–H groups in total. The summed E-state index contributed by atoms with van der Waals surface area (Å²) < 4.78 is 88.6. The van der Waals surface area contributed by atoms with E-state index in [1.54, 1.807) is 0 Å². The number of rotatable bonds is 2. The second-order valence-corrected chi connectivity index (χ2v) is 12.0. The number of hydrogen-bond donors (Lipinski definition) is 2. The molecule has 3 aliphatic heterocycles. The molecule has 228 valence electrons. The fourth-order valence-electron chi connectivity index (χ4n) is 4.70. The first-order chi connectivity index (χ1) is 19.8. The molecule has 3 aliphatic rings. The van der Waals surface area contributed by atoms with Crippen molar-refractivity contribution in [2.24, 2.45) is 0 Å². The molecule has 3 fully saturated rings. The van der Waals surface area contributed by atoms with Crippen LogP contribution < -0.4 is 26.8 Å². The molecule has 0 amide bonds. The van der Waals surface area contributed by atoms with Crippen LogP contribution in [-0.4, -0.2) is 79.0 Å². The van der Waals surface area contributed by atoms with Crippen molar-refractivity contribution < 1.29 is 55.3 Å². The fraction of sp³-hybridized carbons (Fsp3) is 0.526. The zero-order chi connectivity index (χ0) is 30.0. The lowest BCUT2D eigenvalue weighted by atomic mass is 10.1. The van der Waals surface area contributed by atoms with Crippen molar-refractivity contribution in [3.8, 4) is 0 Å². The maximum Gasteiger partial charge on any atom is 0.330 e. The number of anilines is 1. The van der Waals surface area contributed by atoms with E-state index in [0.29, 0.717) is 4.57 Å². The Hall–Kier alpha value is -2.97. The minimum absolute atomic E-state index is 0.00165. The number of nitrogens with two attached hydrogens (primary N) is 1. The van der Waals surface area contributed by atoms with E-state index in [1.807, 2.05) is 4.98 Å². The Morgan fingerprint density at radius 1 is 0.929 bits per heavy atom. The maximum atomic E-state index is 15.6. The Balaban J connectivity index is 1.34. The van der Waals surface area contributed by atoms with Gasteiger partial charge in [0.25, 0.3) is 21.2 Å². The van der Waals surface area contributed by atoms with Crippen LogP contribution in [0.1, 0.15) is 12.5 Å². The zero-order valence-electron chi connectivity index (χ0n) is 20.7. The van der Waals surface area contributed by atoms with E-state index in [-0.39, 0.29) is 17.0 Å². The van der Waals surface area contributed by atoms with E-state index in [4.69, 9.17) is 33.3 Å². The molecule has 3 saturated heterocycles. The van der Waals surface area contributed by atoms with E-state index in [0.717, 1.165) is 29.5 Å². The predicted octanol–water partition coefficient (Wildman–Crippen LogP) is -1.82. The third-order valence-corrected chi connectivity index (χ3v) is 8.54. The molecule has 23 heteroatoms. The van der Waals surface area contributed by atoms with Gasteiger partial charge in [0.2, 0.25) is 0 Å². The summed E-state index contributed by atoms with van der Waals surface area (Å²) in [6, 6.07) is 0.865. The van der Waals surface area contributed by atoms with Gasteiger partial charge >= 0.3 is 5.69 Å². The highest BCUT2D eigenvalue weighted by Gasteiger charge is 2.52. The monoisotopic (exact) mass is 637 g/mol. The summed E-state index contributed by atoms with van der Waals surface area (Å²) in [5, 5.41) is 0. The number of imidazole rings is 1. The molecule has 4 bridgehead atoms. The highest BCUT2D eigenvalue weighted by Crippen LogP contribution is 2.51. The van der Waals surface area contributed by atoms with Crippen molar-refractivity contribution in [1.29, 1.82) is 0 Å². The number of H-pyrrole nitrogens is 1. The number of hydrogen-bond acceptors (Lipinski definition) is 16. The average Bonchev–Trinajstić information content (AvgIpc) is 3.57. The Morgan fingerprint density at radius 2 is 1.50 bits per heavy atom. The number of aromatic nitrogens is 6. The summed E-state index contributed by atoms with van der Waals surface area (Å²) in [4.78, 5) is 62.9. The first kappa shape index (κ1) is 29.1. The third kappa shape index (κ3) is 5.32. The van der Waals surface area contributed by atoms with Gasteiger partial charge in [-0.25, -0.2) is 28.5 Å². The van der Waals surface area contributed by atoms with Gasteiger partial charge in [0.1, 0.15) is 36.3 Å². The number of ether oxygens (including phenoxy) is 2. The highest BCUT2D eigenvalue weighted by molar-refractivity contribution is 7.46. The van der Waals surface area contributed by atoms with Crippen LogP contribution in [0, 0.1) is 0 Å². The Morgan fingerprint density at radius 3 is 2.07 bits per heavy atom. The van der Waals surface area contributed by atoms with Crippen LogP contribution in [0.25, 0.3) is 11.2 Å². The number of phosphoric acid groups is 2. The van der Waals surface area contributed by atoms with Crippen molar-refractivity contribution in [3.05, 3.63) is 45.8 Å². The molecule has 0 aromatic carbocycles. The third-order valence-electron chi connectivity index (χ3n) is 6.61. The molecule has 6 rings (SSSR count). The molecular weight excluding hydrogens is 618 g/mol. The quantitative estimate of drug-likeness (QED) is 0.293. The summed E-state index contributed by atoms with van der Waals surface area (Å²) in [6.45, 7) is -2.19. The molecule has 0 radical (unpaired) electrons. The van der Waals surface area contributed by atoms with Gasteiger partial charge in [-0.2, -0.15) is 0 Å². The number of alkyl halides is 2. The number of phosphoric ester groups is 2. The topological polar surface area (TPSA) is 260 Å². The number of nitrogens with one attached hydrogen (secondary N) is 1. The van der Waals surface area contributed by atoms with E-state index in [1.165, 1.54) is 0 Å². The van der Waals surface area contributed by atoms with Crippen LogP contribution >= 0.6 is 15.6 Å². The number of nitrogen functional groups attached to an aromatic ring is 1. The summed E-state index contributed by atoms with van der Waals surface area (Å²) >= 11 is 0. The van der Waals surface area contributed by atoms with Crippen LogP contribution in [0.4, 0.5) is 14.6 Å². The van der Waals surface area contributed by atoms with Gasteiger partial charge in [-0.1, -0.05) is 0 Å². The van der Waals surface area contributed by atoms with Crippen LogP contribution in [0.2, 0.25) is 0 Å². The van der Waals surface area contributed by atoms with Crippen LogP contribution in [0.15, 0.2) is 34.5 Å². The second-order valence-electron chi connectivity index (χ2n) is 9.25. The molecule has 10 atom stereocenters. The SMILES string of the molecule is Nc1ncnc2c1ncn2[C@@H]1O[C@@H]2COP(=O)([O-])O[C@@H]3[C@H](F)[C@@H](COP(=O)([O-])O[C@@H]1[C@@H]2F)O[C@H]3n1ccc(=O)[nH]c1=O. The van der Waals surface area contributed by atoms with Crippen molar-refractivity contribution in [1.82, 2.24) is 29.1 Å². The summed E-state index contributed by atoms with van der Waals surface area (Å²) in [5.41, 5.74) is 3.90. The second kappa shape index (κ2) is 10.6. The molecule has 0 aliphatic carbocycles. The van der Waals surface area contributed by atoms with Crippen molar-refractivity contribution in [2.45, 2.75) is 49.2 Å². The Kier molecular flexibility index (Phi) is 7.37. The number of nitrogens with zero attached hydrogens (tertiary/aromatic N) is 5. The molecule has 0 spiro atoms. The molecule has 3 aromatic heterocycles. The number of halogens is 2. The minimum Gasteiger partial charge on any atom is -0.756 e. The standard InChI is InChI=1S/C19H21F2N7O12P2/c20-10-7-3-35-42(33,34)40-14-11(21)8(38-18(14)28-6-25-12-15(22)23-5-24-16(12)28)4-36-41(31,32)39-13(10)17(37-7)27-2-1-9(29)26-19(27)30/h1-2,5-8,10-11,13-14,17-18H,3-4H2,(H,31,32)(H,33,34)(H2,22,23,24)(H,26,29,30)/p-2/t7-,8-,10-,11-,13-,14-,17-,18-/m1/s1. The van der Waals surface area contributed by atoms with Gasteiger partial charge in [0.05, 0.1) is 19.5 Å². The largest absolute Gasteiger partial charge is 0.756 e. The van der Waals surface area contributed by atoms with Gasteiger partial charge in [0, 0.05) is 12.3 Å². The normalized spacial score (nSPS) is 39.3. The number of aromatic amines is 1. The van der Waals surface area contributed by atoms with Gasteiger partial charge in [-0.15, -0.1) is 0 Å². The van der Waals surface area contributed by atoms with Crippen LogP contribution in [-0.2, 0) is 36.7 Å². The van der Waals surface area contributed by atoms with Crippen molar-refractivity contribution in [2.75, 3.05) is 18.9 Å². The lowest BCUT2D eigenvalue weighted by Gasteiger charge is -2.31. The van der Waals surface area contributed by atoms with Gasteiger partial charge in [-0.3, -0.25) is 28.0 Å². The van der Waals surface area contributed by atoms with Crippen molar-refractivity contribution >= 4 is 32.6 Å². The summed E-state index contributed by atoms with van der Waals surface area (Å²) in [7, 11) is -11.0. The van der Waals surface area contributed by atoms with Gasteiger partial charge in [-0.05, 0) is 0 Å². The lowest BCUT2D eigenvalue weighted by molar-refractivity contribution is -0.237. The highest BCUT2D eigenvalue weighted by atomic mass is 31.2. The fourth-order valence-corrected chi connectivity index (χ4v) is 6.52. The number of fused-ring (bicyclic) bond motifs is 5. The average molecular weight is 637 g/mol. The molecule has 42 heavy (non-hydrogen) atoms. The van der Waals surface area contributed by atoms with E-state index in [9.17, 15) is 28.5 Å². The molecule has 0 saturated carbocycles. The van der Waals surface area contributed by atoms with E-state index in [2.05, 4.69) is 15.0 Å². The first-order valence-electron chi connectivity index (χ1n) is 11.9.